The van der Waals surface area contributed by atoms with E-state index in [-0.39, 0.29) is 22.8 Å². The van der Waals surface area contributed by atoms with Crippen LogP contribution in [0.25, 0.3) is 0 Å². The summed E-state index contributed by atoms with van der Waals surface area (Å²) in [6.45, 7) is -0.549. The number of hydrogen-bond acceptors (Lipinski definition) is 7. The number of nitrogens with one attached hydrogen (secondary N) is 1. The third-order valence-corrected chi connectivity index (χ3v) is 6.86. The number of aromatic carboxylic acids is 1. The fraction of sp³-hybridized carbons (Fsp3) is 0.160. The van der Waals surface area contributed by atoms with Gasteiger partial charge in [0.15, 0.2) is 11.5 Å². The minimum absolute atomic E-state index is 0.0503. The molecule has 0 aromatic heterocycles. The Kier molecular flexibility index (Phi) is 8.76. The quantitative estimate of drug-likeness (QED) is 0.299. The lowest BCUT2D eigenvalue weighted by Crippen LogP contribution is -2.39. The molecular weight excluding hydrogens is 486 g/mol. The molecule has 0 fully saturated rings. The normalized spacial score (nSPS) is 11.4. The van der Waals surface area contributed by atoms with Crippen molar-refractivity contribution >= 4 is 28.1 Å². The van der Waals surface area contributed by atoms with Crippen molar-refractivity contribution < 1.29 is 32.6 Å². The van der Waals surface area contributed by atoms with E-state index < -0.39 is 28.4 Å². The van der Waals surface area contributed by atoms with Gasteiger partial charge in [0, 0.05) is 12.6 Å². The Balaban J connectivity index is 1.80. The summed E-state index contributed by atoms with van der Waals surface area (Å²) in [5.41, 5.74) is 3.68. The van der Waals surface area contributed by atoms with Crippen molar-refractivity contribution in [2.45, 2.75) is 11.4 Å². The Morgan fingerprint density at radius 2 is 1.64 bits per heavy atom. The summed E-state index contributed by atoms with van der Waals surface area (Å²) in [7, 11) is -1.27. The third-order valence-electron chi connectivity index (χ3n) is 5.07. The van der Waals surface area contributed by atoms with E-state index in [1.165, 1.54) is 62.9 Å². The molecule has 11 heteroatoms. The van der Waals surface area contributed by atoms with Crippen LogP contribution in [0.3, 0.4) is 0 Å². The lowest BCUT2D eigenvalue weighted by molar-refractivity contribution is -0.121. The van der Waals surface area contributed by atoms with Crippen LogP contribution in [-0.4, -0.2) is 56.7 Å². The van der Waals surface area contributed by atoms with E-state index in [1.54, 1.807) is 30.3 Å². The van der Waals surface area contributed by atoms with Gasteiger partial charge in [0.05, 0.1) is 37.4 Å². The van der Waals surface area contributed by atoms with Gasteiger partial charge < -0.3 is 14.6 Å². The average Bonchev–Trinajstić information content (AvgIpc) is 2.88. The van der Waals surface area contributed by atoms with Gasteiger partial charge in [-0.25, -0.2) is 18.6 Å². The summed E-state index contributed by atoms with van der Waals surface area (Å²) in [4.78, 5) is 23.5. The lowest BCUT2D eigenvalue weighted by Gasteiger charge is -2.22. The molecule has 10 nitrogen and oxygen atoms in total. The summed E-state index contributed by atoms with van der Waals surface area (Å²) in [6, 6.07) is 18.9. The topological polar surface area (TPSA) is 135 Å². The number of hydrazone groups is 1. The molecular formula is C25H25N3O7S. The Bertz CT molecular complexity index is 1340. The van der Waals surface area contributed by atoms with Crippen LogP contribution in [0.4, 0.5) is 0 Å². The number of carbonyl (C=O) groups excluding carboxylic acids is 1. The van der Waals surface area contributed by atoms with Gasteiger partial charge in [-0.15, -0.1) is 0 Å². The van der Waals surface area contributed by atoms with Gasteiger partial charge in [0.25, 0.3) is 5.91 Å². The van der Waals surface area contributed by atoms with Crippen LogP contribution in [0.1, 0.15) is 21.5 Å². The van der Waals surface area contributed by atoms with Gasteiger partial charge in [-0.2, -0.15) is 9.41 Å². The molecule has 36 heavy (non-hydrogen) atoms. The molecule has 0 radical (unpaired) electrons. The summed E-state index contributed by atoms with van der Waals surface area (Å²) in [6.07, 6.45) is 1.33. The Morgan fingerprint density at radius 3 is 2.25 bits per heavy atom. The zero-order valence-corrected chi connectivity index (χ0v) is 20.4. The predicted molar refractivity (Wildman–Crippen MR) is 133 cm³/mol. The number of carboxylic acids is 1. The molecule has 188 valence electrons. The molecule has 0 aliphatic heterocycles. The first-order valence-electron chi connectivity index (χ1n) is 10.7. The van der Waals surface area contributed by atoms with Crippen molar-refractivity contribution in [1.82, 2.24) is 9.73 Å². The number of benzene rings is 3. The van der Waals surface area contributed by atoms with Crippen LogP contribution < -0.4 is 14.9 Å². The number of methoxy groups -OCH3 is 2. The molecule has 0 aliphatic rings. The first-order valence-corrected chi connectivity index (χ1v) is 12.1. The van der Waals surface area contributed by atoms with Crippen molar-refractivity contribution in [2.75, 3.05) is 20.8 Å². The highest BCUT2D eigenvalue weighted by atomic mass is 32.2. The number of nitrogens with zero attached hydrogens (tertiary/aromatic N) is 2. The molecule has 0 unspecified atom stereocenters. The number of ether oxygens (including phenoxy) is 2. The highest BCUT2D eigenvalue weighted by Crippen LogP contribution is 2.31. The molecule has 0 spiro atoms. The Morgan fingerprint density at radius 1 is 0.972 bits per heavy atom. The van der Waals surface area contributed by atoms with Gasteiger partial charge in [-0.05, 0) is 35.4 Å². The van der Waals surface area contributed by atoms with Crippen molar-refractivity contribution in [2.24, 2.45) is 5.10 Å². The van der Waals surface area contributed by atoms with E-state index in [2.05, 4.69) is 10.5 Å². The fourth-order valence-electron chi connectivity index (χ4n) is 3.23. The van der Waals surface area contributed by atoms with Crippen LogP contribution >= 0.6 is 0 Å². The largest absolute Gasteiger partial charge is 0.493 e. The van der Waals surface area contributed by atoms with Crippen molar-refractivity contribution in [3.8, 4) is 11.5 Å². The number of amides is 1. The minimum Gasteiger partial charge on any atom is -0.493 e. The van der Waals surface area contributed by atoms with E-state index in [9.17, 15) is 18.0 Å². The van der Waals surface area contributed by atoms with Crippen LogP contribution in [0, 0.1) is 0 Å². The molecule has 0 saturated heterocycles. The molecule has 0 bridgehead atoms. The zero-order valence-electron chi connectivity index (χ0n) is 19.6. The van der Waals surface area contributed by atoms with E-state index in [4.69, 9.17) is 14.6 Å². The van der Waals surface area contributed by atoms with Gasteiger partial charge in [-0.1, -0.05) is 42.5 Å². The number of rotatable bonds is 11. The zero-order chi connectivity index (χ0) is 26.1. The Labute approximate surface area is 208 Å². The molecule has 2 N–H and O–H groups in total. The molecule has 0 saturated carbocycles. The summed E-state index contributed by atoms with van der Waals surface area (Å²) in [5.74, 6) is -1.11. The molecule has 1 amide bonds. The summed E-state index contributed by atoms with van der Waals surface area (Å²) in [5, 5.41) is 12.8. The van der Waals surface area contributed by atoms with Crippen molar-refractivity contribution in [1.29, 1.82) is 0 Å². The van der Waals surface area contributed by atoms with Gasteiger partial charge >= 0.3 is 5.97 Å². The van der Waals surface area contributed by atoms with Gasteiger partial charge in [0.1, 0.15) is 0 Å². The predicted octanol–water partition coefficient (Wildman–Crippen LogP) is 2.74. The molecule has 0 heterocycles. The van der Waals surface area contributed by atoms with Crippen molar-refractivity contribution in [3.05, 3.63) is 89.5 Å². The maximum absolute atomic E-state index is 13.5. The standard InChI is InChI=1S/C25H25N3O7S/c1-34-22-13-12-21(14-23(22)35-2)36(32,33)28(16-19-6-4-3-5-7-19)17-24(29)27-26-15-18-8-10-20(11-9-18)25(30)31/h3-15H,16-17H2,1-2H3,(H,27,29)(H,30,31)/b26-15-. The molecule has 0 aliphatic carbocycles. The maximum Gasteiger partial charge on any atom is 0.335 e. The number of carboxylic acid groups (broad SMARTS) is 1. The van der Waals surface area contributed by atoms with Crippen LogP contribution in [-0.2, 0) is 21.4 Å². The number of sulfonamides is 1. The minimum atomic E-state index is -4.11. The van der Waals surface area contributed by atoms with E-state index >= 15 is 0 Å². The first kappa shape index (κ1) is 26.4. The van der Waals surface area contributed by atoms with Gasteiger partial charge in [-0.3, -0.25) is 4.79 Å². The number of hydrogen-bond donors (Lipinski definition) is 2. The van der Waals surface area contributed by atoms with Crippen LogP contribution in [0.15, 0.2) is 82.8 Å². The average molecular weight is 512 g/mol. The fourth-order valence-corrected chi connectivity index (χ4v) is 4.63. The second-order valence-corrected chi connectivity index (χ2v) is 9.43. The van der Waals surface area contributed by atoms with Crippen LogP contribution in [0.5, 0.6) is 11.5 Å². The maximum atomic E-state index is 13.5. The monoisotopic (exact) mass is 511 g/mol. The van der Waals surface area contributed by atoms with Crippen molar-refractivity contribution in [3.63, 3.8) is 0 Å². The molecule has 0 atom stereocenters. The molecule has 3 rings (SSSR count). The Hall–Kier alpha value is -4.22. The lowest BCUT2D eigenvalue weighted by atomic mass is 10.1. The van der Waals surface area contributed by atoms with E-state index in [1.807, 2.05) is 0 Å². The second-order valence-electron chi connectivity index (χ2n) is 7.50. The van der Waals surface area contributed by atoms with E-state index in [0.29, 0.717) is 16.9 Å². The van der Waals surface area contributed by atoms with Gasteiger partial charge in [0.2, 0.25) is 10.0 Å². The molecule has 3 aromatic rings. The number of carbonyl (C=O) groups is 2. The third kappa shape index (κ3) is 6.68. The smallest absolute Gasteiger partial charge is 0.335 e. The SMILES string of the molecule is COc1ccc(S(=O)(=O)N(CC(=O)N/N=C\c2ccc(C(=O)O)cc2)Cc2ccccc2)cc1OC. The summed E-state index contributed by atoms with van der Waals surface area (Å²) >= 11 is 0. The van der Waals surface area contributed by atoms with Crippen LogP contribution in [0.2, 0.25) is 0 Å². The highest BCUT2D eigenvalue weighted by Gasteiger charge is 2.28. The summed E-state index contributed by atoms with van der Waals surface area (Å²) < 4.78 is 38.4. The first-order chi connectivity index (χ1) is 17.2. The highest BCUT2D eigenvalue weighted by molar-refractivity contribution is 7.89. The second kappa shape index (κ2) is 12.0. The van der Waals surface area contributed by atoms with E-state index in [0.717, 1.165) is 4.31 Å². The molecule has 3 aromatic carbocycles.